The van der Waals surface area contributed by atoms with Crippen molar-refractivity contribution in [2.75, 3.05) is 0 Å². The average Bonchev–Trinajstić information content (AvgIpc) is 2.21. The van der Waals surface area contributed by atoms with Crippen LogP contribution in [0.25, 0.3) is 0 Å². The van der Waals surface area contributed by atoms with Gasteiger partial charge in [0.15, 0.2) is 6.10 Å². The van der Waals surface area contributed by atoms with E-state index in [9.17, 15) is 4.79 Å². The number of esters is 1. The van der Waals surface area contributed by atoms with E-state index in [0.29, 0.717) is 5.75 Å². The van der Waals surface area contributed by atoms with Gasteiger partial charge in [0.25, 0.3) is 0 Å². The van der Waals surface area contributed by atoms with E-state index in [1.165, 1.54) is 5.56 Å². The van der Waals surface area contributed by atoms with Gasteiger partial charge in [-0.2, -0.15) is 0 Å². The average molecular weight is 250 g/mol. The van der Waals surface area contributed by atoms with Gasteiger partial charge in [-0.05, 0) is 64.8 Å². The van der Waals surface area contributed by atoms with Crippen molar-refractivity contribution < 1.29 is 14.3 Å². The second kappa shape index (κ2) is 5.42. The van der Waals surface area contributed by atoms with E-state index in [-0.39, 0.29) is 5.97 Å². The van der Waals surface area contributed by atoms with Gasteiger partial charge in [-0.25, -0.2) is 4.79 Å². The molecule has 0 heterocycles. The molecule has 3 heteroatoms. The normalized spacial score (nSPS) is 13.0. The second-order valence-electron chi connectivity index (χ2n) is 5.54. The lowest BCUT2D eigenvalue weighted by Crippen LogP contribution is -2.33. The Morgan fingerprint density at radius 3 is 2.28 bits per heavy atom. The fraction of sp³-hybridized carbons (Fsp3) is 0.533. The molecule has 1 rings (SSSR count). The molecule has 1 aromatic carbocycles. The highest BCUT2D eigenvalue weighted by atomic mass is 16.6. The third-order valence-corrected chi connectivity index (χ3v) is 2.53. The molecule has 100 valence electrons. The molecule has 0 N–H and O–H groups in total. The number of ether oxygens (including phenoxy) is 2. The number of hydrogen-bond acceptors (Lipinski definition) is 3. The van der Waals surface area contributed by atoms with Gasteiger partial charge in [0, 0.05) is 0 Å². The molecule has 0 fully saturated rings. The smallest absolute Gasteiger partial charge is 0.347 e. The van der Waals surface area contributed by atoms with Gasteiger partial charge >= 0.3 is 5.97 Å². The maximum atomic E-state index is 11.8. The highest BCUT2D eigenvalue weighted by Gasteiger charge is 2.22. The monoisotopic (exact) mass is 250 g/mol. The minimum Gasteiger partial charge on any atom is -0.479 e. The van der Waals surface area contributed by atoms with E-state index in [0.717, 1.165) is 5.56 Å². The Bertz CT molecular complexity index is 430. The molecule has 0 amide bonds. The van der Waals surface area contributed by atoms with Gasteiger partial charge in [0.2, 0.25) is 0 Å². The van der Waals surface area contributed by atoms with Gasteiger partial charge < -0.3 is 9.47 Å². The Morgan fingerprint density at radius 1 is 1.17 bits per heavy atom. The Balaban J connectivity index is 2.66. The molecular weight excluding hydrogens is 228 g/mol. The van der Waals surface area contributed by atoms with E-state index < -0.39 is 11.7 Å². The third kappa shape index (κ3) is 4.40. The molecule has 0 aromatic heterocycles. The van der Waals surface area contributed by atoms with Crippen molar-refractivity contribution in [3.63, 3.8) is 0 Å². The summed E-state index contributed by atoms with van der Waals surface area (Å²) in [6.07, 6.45) is -0.605. The number of aryl methyl sites for hydroxylation is 2. The van der Waals surface area contributed by atoms with E-state index in [4.69, 9.17) is 9.47 Å². The lowest BCUT2D eigenvalue weighted by Gasteiger charge is -2.22. The van der Waals surface area contributed by atoms with Crippen LogP contribution in [0.3, 0.4) is 0 Å². The maximum absolute atomic E-state index is 11.8. The molecule has 1 unspecified atom stereocenters. The maximum Gasteiger partial charge on any atom is 0.347 e. The molecule has 0 aliphatic heterocycles. The molecule has 0 bridgehead atoms. The van der Waals surface area contributed by atoms with Crippen molar-refractivity contribution in [1.29, 1.82) is 0 Å². The summed E-state index contributed by atoms with van der Waals surface area (Å²) >= 11 is 0. The first kappa shape index (κ1) is 14.6. The van der Waals surface area contributed by atoms with E-state index in [1.54, 1.807) is 6.92 Å². The summed E-state index contributed by atoms with van der Waals surface area (Å²) in [6.45, 7) is 11.3. The van der Waals surface area contributed by atoms with Crippen LogP contribution in [0.5, 0.6) is 5.75 Å². The molecule has 0 saturated heterocycles. The van der Waals surface area contributed by atoms with Crippen LogP contribution in [-0.2, 0) is 9.53 Å². The minimum absolute atomic E-state index is 0.347. The van der Waals surface area contributed by atoms with Crippen LogP contribution in [0.1, 0.15) is 38.8 Å². The quantitative estimate of drug-likeness (QED) is 0.771. The van der Waals surface area contributed by atoms with Gasteiger partial charge in [0.05, 0.1) is 0 Å². The van der Waals surface area contributed by atoms with Crippen LogP contribution in [-0.4, -0.2) is 17.7 Å². The van der Waals surface area contributed by atoms with Crippen molar-refractivity contribution in [1.82, 2.24) is 0 Å². The zero-order valence-electron chi connectivity index (χ0n) is 12.0. The van der Waals surface area contributed by atoms with Crippen molar-refractivity contribution in [3.8, 4) is 5.75 Å². The molecule has 0 aliphatic rings. The third-order valence-electron chi connectivity index (χ3n) is 2.53. The van der Waals surface area contributed by atoms with E-state index in [1.807, 2.05) is 52.8 Å². The highest BCUT2D eigenvalue weighted by molar-refractivity contribution is 5.75. The zero-order chi connectivity index (χ0) is 13.9. The first-order valence-corrected chi connectivity index (χ1v) is 6.16. The first-order chi connectivity index (χ1) is 8.19. The Labute approximate surface area is 109 Å². The number of carbonyl (C=O) groups is 1. The number of carbonyl (C=O) groups excluding carboxylic acids is 1. The molecule has 0 spiro atoms. The number of hydrogen-bond donors (Lipinski definition) is 0. The van der Waals surface area contributed by atoms with E-state index in [2.05, 4.69) is 0 Å². The van der Waals surface area contributed by atoms with Crippen LogP contribution in [0.4, 0.5) is 0 Å². The lowest BCUT2D eigenvalue weighted by molar-refractivity contribution is -0.162. The molecule has 0 saturated carbocycles. The summed E-state index contributed by atoms with van der Waals surface area (Å²) < 4.78 is 10.8. The summed E-state index contributed by atoms with van der Waals surface area (Å²) in [5.41, 5.74) is 1.86. The zero-order valence-corrected chi connectivity index (χ0v) is 12.0. The summed E-state index contributed by atoms with van der Waals surface area (Å²) in [4.78, 5) is 11.8. The second-order valence-corrected chi connectivity index (χ2v) is 5.54. The summed E-state index contributed by atoms with van der Waals surface area (Å²) in [5, 5.41) is 0. The topological polar surface area (TPSA) is 35.5 Å². The van der Waals surface area contributed by atoms with Crippen molar-refractivity contribution in [3.05, 3.63) is 29.3 Å². The lowest BCUT2D eigenvalue weighted by atomic mass is 10.1. The molecule has 1 atom stereocenters. The molecule has 0 radical (unpaired) electrons. The Kier molecular flexibility index (Phi) is 4.38. The van der Waals surface area contributed by atoms with Crippen molar-refractivity contribution in [2.24, 2.45) is 0 Å². The summed E-state index contributed by atoms with van der Waals surface area (Å²) in [5.74, 6) is 0.345. The van der Waals surface area contributed by atoms with Gasteiger partial charge in [-0.1, -0.05) is 6.07 Å². The summed E-state index contributed by atoms with van der Waals surface area (Å²) in [6, 6.07) is 5.77. The standard InChI is InChI=1S/C15H22O3/c1-10-7-8-13(9-11(10)2)17-12(3)14(16)18-15(4,5)6/h7-9,12H,1-6H3. The Morgan fingerprint density at radius 2 is 1.78 bits per heavy atom. The predicted octanol–water partition coefficient (Wildman–Crippen LogP) is 3.41. The van der Waals surface area contributed by atoms with Gasteiger partial charge in [-0.15, -0.1) is 0 Å². The largest absolute Gasteiger partial charge is 0.479 e. The first-order valence-electron chi connectivity index (χ1n) is 6.16. The molecular formula is C15H22O3. The van der Waals surface area contributed by atoms with Crippen LogP contribution in [0.15, 0.2) is 18.2 Å². The fourth-order valence-corrected chi connectivity index (χ4v) is 1.42. The number of benzene rings is 1. The predicted molar refractivity (Wildman–Crippen MR) is 71.9 cm³/mol. The minimum atomic E-state index is -0.605. The number of rotatable bonds is 3. The molecule has 18 heavy (non-hydrogen) atoms. The van der Waals surface area contributed by atoms with Gasteiger partial charge in [0.1, 0.15) is 11.4 Å². The van der Waals surface area contributed by atoms with Crippen molar-refractivity contribution in [2.45, 2.75) is 53.2 Å². The van der Waals surface area contributed by atoms with Crippen LogP contribution >= 0.6 is 0 Å². The van der Waals surface area contributed by atoms with E-state index >= 15 is 0 Å². The molecule has 0 aliphatic carbocycles. The molecule has 3 nitrogen and oxygen atoms in total. The highest BCUT2D eigenvalue weighted by Crippen LogP contribution is 2.18. The van der Waals surface area contributed by atoms with Crippen LogP contribution in [0, 0.1) is 13.8 Å². The fourth-order valence-electron chi connectivity index (χ4n) is 1.42. The van der Waals surface area contributed by atoms with Crippen LogP contribution < -0.4 is 4.74 Å². The summed E-state index contributed by atoms with van der Waals surface area (Å²) in [7, 11) is 0. The molecule has 1 aromatic rings. The van der Waals surface area contributed by atoms with Crippen molar-refractivity contribution >= 4 is 5.97 Å². The van der Waals surface area contributed by atoms with Gasteiger partial charge in [-0.3, -0.25) is 0 Å². The van der Waals surface area contributed by atoms with Crippen LogP contribution in [0.2, 0.25) is 0 Å². The SMILES string of the molecule is Cc1ccc(OC(C)C(=O)OC(C)(C)C)cc1C. The Hall–Kier alpha value is -1.51.